The first kappa shape index (κ1) is 28.8. The lowest BCUT2D eigenvalue weighted by molar-refractivity contribution is 0.674. The van der Waals surface area contributed by atoms with E-state index in [0.717, 1.165) is 82.7 Å². The molecular formula is C49H30N2O. The van der Waals surface area contributed by atoms with Gasteiger partial charge in [0.15, 0.2) is 0 Å². The molecule has 0 aliphatic carbocycles. The van der Waals surface area contributed by atoms with Gasteiger partial charge in [-0.3, -0.25) is 0 Å². The largest absolute Gasteiger partial charge is 0.455 e. The number of rotatable bonds is 4. The van der Waals surface area contributed by atoms with Gasteiger partial charge in [-0.2, -0.15) is 0 Å². The second kappa shape index (κ2) is 11.3. The van der Waals surface area contributed by atoms with E-state index in [2.05, 4.69) is 180 Å². The highest BCUT2D eigenvalue weighted by Gasteiger charge is 2.22. The normalized spacial score (nSPS) is 11.8. The van der Waals surface area contributed by atoms with Crippen LogP contribution in [0.15, 0.2) is 186 Å². The van der Waals surface area contributed by atoms with Crippen LogP contribution in [0.4, 0.5) is 0 Å². The first-order chi connectivity index (χ1) is 25.8. The molecule has 11 aromatic rings. The Balaban J connectivity index is 1.23. The monoisotopic (exact) mass is 662 g/mol. The van der Waals surface area contributed by atoms with Gasteiger partial charge < -0.3 is 8.98 Å². The Bertz CT molecular complexity index is 3170. The van der Waals surface area contributed by atoms with Gasteiger partial charge in [-0.1, -0.05) is 133 Å². The van der Waals surface area contributed by atoms with Crippen LogP contribution in [0.1, 0.15) is 0 Å². The third-order valence-corrected chi connectivity index (χ3v) is 10.6. The molecule has 0 amide bonds. The Kier molecular flexibility index (Phi) is 6.25. The summed E-state index contributed by atoms with van der Waals surface area (Å²) in [5, 5.41) is 9.16. The zero-order valence-electron chi connectivity index (χ0n) is 28.1. The summed E-state index contributed by atoms with van der Waals surface area (Å²) >= 11 is 0. The molecule has 0 spiro atoms. The van der Waals surface area contributed by atoms with Crippen molar-refractivity contribution in [3.8, 4) is 39.3 Å². The van der Waals surface area contributed by atoms with Crippen molar-refractivity contribution in [2.45, 2.75) is 0 Å². The molecule has 3 heteroatoms. The third kappa shape index (κ3) is 4.30. The highest BCUT2D eigenvalue weighted by Crippen LogP contribution is 2.45. The molecule has 0 bridgehead atoms. The molecule has 0 radical (unpaired) electrons. The van der Waals surface area contributed by atoms with Gasteiger partial charge in [0.1, 0.15) is 11.2 Å². The Morgan fingerprint density at radius 2 is 1.06 bits per heavy atom. The van der Waals surface area contributed by atoms with Gasteiger partial charge in [0.2, 0.25) is 0 Å². The first-order valence-corrected chi connectivity index (χ1v) is 17.7. The van der Waals surface area contributed by atoms with Crippen LogP contribution in [-0.2, 0) is 0 Å². The maximum Gasteiger partial charge on any atom is 0.145 e. The van der Waals surface area contributed by atoms with Crippen molar-refractivity contribution >= 4 is 65.3 Å². The van der Waals surface area contributed by atoms with Crippen LogP contribution < -0.4 is 0 Å². The fraction of sp³-hybridized carbons (Fsp3) is 0. The molecule has 0 N–H and O–H groups in total. The lowest BCUT2D eigenvalue weighted by Crippen LogP contribution is -1.93. The van der Waals surface area contributed by atoms with Crippen LogP contribution >= 0.6 is 0 Å². The van der Waals surface area contributed by atoms with Crippen molar-refractivity contribution in [1.82, 2.24) is 9.55 Å². The molecule has 52 heavy (non-hydrogen) atoms. The molecule has 8 aromatic carbocycles. The van der Waals surface area contributed by atoms with Crippen molar-refractivity contribution in [1.29, 1.82) is 0 Å². The van der Waals surface area contributed by atoms with Gasteiger partial charge in [0, 0.05) is 38.4 Å². The quantitative estimate of drug-likeness (QED) is 0.188. The number of furan rings is 1. The zero-order chi connectivity index (χ0) is 34.2. The minimum Gasteiger partial charge on any atom is -0.455 e. The zero-order valence-corrected chi connectivity index (χ0v) is 28.1. The second-order valence-corrected chi connectivity index (χ2v) is 13.5. The van der Waals surface area contributed by atoms with E-state index in [1.54, 1.807) is 0 Å². The molecule has 0 saturated carbocycles. The van der Waals surface area contributed by atoms with E-state index in [0.29, 0.717) is 0 Å². The predicted molar refractivity (Wildman–Crippen MR) is 217 cm³/mol. The minimum absolute atomic E-state index is 0.846. The summed E-state index contributed by atoms with van der Waals surface area (Å²) in [6.07, 6.45) is 0. The third-order valence-electron chi connectivity index (χ3n) is 10.6. The number of para-hydroxylation sites is 2. The molecule has 3 nitrogen and oxygen atoms in total. The van der Waals surface area contributed by atoms with Gasteiger partial charge in [-0.25, -0.2) is 4.98 Å². The number of aromatic nitrogens is 2. The summed E-state index contributed by atoms with van der Waals surface area (Å²) in [7, 11) is 0. The SMILES string of the molecule is c1ccc(-c2cc3ccccc3c(-c3cccc4c3oc3c4ccc4c3c3cc(-c5cccc6ccccc56)ccc3n4-c3ccccc3)n2)cc1. The molecule has 11 rings (SSSR count). The van der Waals surface area contributed by atoms with E-state index in [4.69, 9.17) is 9.40 Å². The fourth-order valence-corrected chi connectivity index (χ4v) is 8.21. The average Bonchev–Trinajstić information content (AvgIpc) is 3.76. The molecule has 0 unspecified atom stereocenters. The molecule has 242 valence electrons. The van der Waals surface area contributed by atoms with Crippen molar-refractivity contribution in [2.75, 3.05) is 0 Å². The summed E-state index contributed by atoms with van der Waals surface area (Å²) in [5.74, 6) is 0. The van der Waals surface area contributed by atoms with Crippen LogP contribution in [0.25, 0.3) is 105 Å². The summed E-state index contributed by atoms with van der Waals surface area (Å²) in [6.45, 7) is 0. The molecule has 0 aliphatic rings. The molecule has 0 fully saturated rings. The van der Waals surface area contributed by atoms with Gasteiger partial charge in [0.05, 0.1) is 27.8 Å². The number of hydrogen-bond donors (Lipinski definition) is 0. The molecular weight excluding hydrogens is 633 g/mol. The van der Waals surface area contributed by atoms with E-state index < -0.39 is 0 Å². The number of benzene rings is 8. The second-order valence-electron chi connectivity index (χ2n) is 13.5. The Morgan fingerprint density at radius 3 is 1.92 bits per heavy atom. The van der Waals surface area contributed by atoms with Gasteiger partial charge in [-0.15, -0.1) is 0 Å². The average molecular weight is 663 g/mol. The van der Waals surface area contributed by atoms with E-state index in [9.17, 15) is 0 Å². The summed E-state index contributed by atoms with van der Waals surface area (Å²) in [5.41, 5.74) is 11.4. The van der Waals surface area contributed by atoms with Crippen molar-refractivity contribution in [3.63, 3.8) is 0 Å². The smallest absolute Gasteiger partial charge is 0.145 e. The van der Waals surface area contributed by atoms with Crippen molar-refractivity contribution < 1.29 is 4.42 Å². The van der Waals surface area contributed by atoms with Crippen LogP contribution in [0.3, 0.4) is 0 Å². The van der Waals surface area contributed by atoms with Gasteiger partial charge in [0.25, 0.3) is 0 Å². The number of hydrogen-bond acceptors (Lipinski definition) is 2. The topological polar surface area (TPSA) is 31.0 Å². The number of nitrogens with zero attached hydrogens (tertiary/aromatic N) is 2. The lowest BCUT2D eigenvalue weighted by Gasteiger charge is -2.10. The molecule has 3 aromatic heterocycles. The Hall–Kier alpha value is -6.97. The molecule has 0 aliphatic heterocycles. The highest BCUT2D eigenvalue weighted by molar-refractivity contribution is 6.25. The Labute approximate surface area is 299 Å². The van der Waals surface area contributed by atoms with Gasteiger partial charge in [-0.05, 0) is 75.8 Å². The minimum atomic E-state index is 0.846. The van der Waals surface area contributed by atoms with Crippen LogP contribution in [0, 0.1) is 0 Å². The van der Waals surface area contributed by atoms with Crippen LogP contribution in [0.2, 0.25) is 0 Å². The highest BCUT2D eigenvalue weighted by atomic mass is 16.3. The van der Waals surface area contributed by atoms with Crippen molar-refractivity contribution in [2.24, 2.45) is 0 Å². The van der Waals surface area contributed by atoms with E-state index in [-0.39, 0.29) is 0 Å². The number of pyridine rings is 1. The first-order valence-electron chi connectivity index (χ1n) is 17.7. The lowest BCUT2D eigenvalue weighted by atomic mass is 9.96. The summed E-state index contributed by atoms with van der Waals surface area (Å²) < 4.78 is 9.53. The maximum atomic E-state index is 7.17. The van der Waals surface area contributed by atoms with Crippen molar-refractivity contribution in [3.05, 3.63) is 182 Å². The molecule has 0 atom stereocenters. The van der Waals surface area contributed by atoms with Crippen LogP contribution in [-0.4, -0.2) is 9.55 Å². The maximum absolute atomic E-state index is 7.17. The molecule has 3 heterocycles. The van der Waals surface area contributed by atoms with Crippen LogP contribution in [0.5, 0.6) is 0 Å². The van der Waals surface area contributed by atoms with Gasteiger partial charge >= 0.3 is 0 Å². The summed E-state index contributed by atoms with van der Waals surface area (Å²) in [4.78, 5) is 5.32. The standard InChI is InChI=1S/C49H30N2O/c1-3-14-32(15-4-1)43-30-33-16-8-10-21-38(33)47(50-43)41-24-12-23-39-40-26-28-45-46(49(40)52-48(39)41)42-29-34(37-22-11-17-31-13-7-9-20-36(31)37)25-27-44(42)51(45)35-18-5-2-6-19-35/h1-30H. The molecule has 0 saturated heterocycles. The number of fused-ring (bicyclic) bond motifs is 9. The van der Waals surface area contributed by atoms with E-state index in [1.807, 2.05) is 6.07 Å². The van der Waals surface area contributed by atoms with E-state index in [1.165, 1.54) is 21.9 Å². The van der Waals surface area contributed by atoms with E-state index >= 15 is 0 Å². The predicted octanol–water partition coefficient (Wildman–Crippen LogP) is 13.4. The fourth-order valence-electron chi connectivity index (χ4n) is 8.21. The summed E-state index contributed by atoms with van der Waals surface area (Å²) in [6, 6.07) is 64.7. The Morgan fingerprint density at radius 1 is 0.404 bits per heavy atom.